The van der Waals surface area contributed by atoms with Crippen molar-refractivity contribution in [2.75, 3.05) is 39.0 Å². The minimum atomic E-state index is 0.142. The zero-order chi connectivity index (χ0) is 23.5. The molecular formula is C27H35N5O. The maximum absolute atomic E-state index is 12.0. The van der Waals surface area contributed by atoms with Gasteiger partial charge in [-0.05, 0) is 75.9 Å². The number of piperidine rings is 1. The van der Waals surface area contributed by atoms with Crippen molar-refractivity contribution in [3.63, 3.8) is 0 Å². The molecule has 1 N–H and O–H groups in total. The van der Waals surface area contributed by atoms with Crippen LogP contribution in [0.2, 0.25) is 0 Å². The van der Waals surface area contributed by atoms with Gasteiger partial charge < -0.3 is 10.2 Å². The molecule has 3 aromatic rings. The van der Waals surface area contributed by atoms with Gasteiger partial charge in [0.2, 0.25) is 5.91 Å². The summed E-state index contributed by atoms with van der Waals surface area (Å²) in [6.07, 6.45) is 2.11. The molecule has 1 aliphatic heterocycles. The fourth-order valence-electron chi connectivity index (χ4n) is 4.61. The minimum Gasteiger partial charge on any atom is -0.363 e. The van der Waals surface area contributed by atoms with E-state index in [1.54, 1.807) is 4.90 Å². The smallest absolute Gasteiger partial charge is 0.236 e. The first kappa shape index (κ1) is 23.2. The van der Waals surface area contributed by atoms with Crippen molar-refractivity contribution in [1.29, 1.82) is 0 Å². The Bertz CT molecular complexity index is 1130. The fraction of sp³-hybridized carbons (Fsp3) is 0.444. The molecule has 1 saturated heterocycles. The van der Waals surface area contributed by atoms with Gasteiger partial charge in [-0.15, -0.1) is 0 Å². The molecule has 0 radical (unpaired) electrons. The highest BCUT2D eigenvalue weighted by atomic mass is 16.2. The summed E-state index contributed by atoms with van der Waals surface area (Å²) in [5.41, 5.74) is 4.81. The highest BCUT2D eigenvalue weighted by Gasteiger charge is 2.23. The molecule has 0 aliphatic carbocycles. The van der Waals surface area contributed by atoms with Gasteiger partial charge in [0.15, 0.2) is 0 Å². The first-order valence-electron chi connectivity index (χ1n) is 11.8. The Kier molecular flexibility index (Phi) is 6.94. The Morgan fingerprint density at radius 1 is 1.12 bits per heavy atom. The summed E-state index contributed by atoms with van der Waals surface area (Å²) in [6, 6.07) is 15.3. The number of benzene rings is 2. The van der Waals surface area contributed by atoms with Crippen LogP contribution in [0.1, 0.15) is 54.2 Å². The van der Waals surface area contributed by atoms with E-state index >= 15 is 0 Å². The Balaban J connectivity index is 1.53. The van der Waals surface area contributed by atoms with E-state index in [2.05, 4.69) is 71.5 Å². The third-order valence-electron chi connectivity index (χ3n) is 6.64. The van der Waals surface area contributed by atoms with Crippen LogP contribution in [0.25, 0.3) is 10.9 Å². The van der Waals surface area contributed by atoms with Crippen LogP contribution in [0.5, 0.6) is 0 Å². The summed E-state index contributed by atoms with van der Waals surface area (Å²) >= 11 is 0. The average Bonchev–Trinajstić information content (AvgIpc) is 2.79. The molecule has 0 saturated carbocycles. The number of aromatic nitrogens is 2. The summed E-state index contributed by atoms with van der Waals surface area (Å²) in [5, 5.41) is 4.71. The second-order valence-electron chi connectivity index (χ2n) is 9.51. The van der Waals surface area contributed by atoms with Crippen LogP contribution in [0.3, 0.4) is 0 Å². The number of carbonyl (C=O) groups excluding carboxylic acids is 1. The summed E-state index contributed by atoms with van der Waals surface area (Å²) in [4.78, 5) is 25.4. The molecule has 1 aliphatic rings. The number of nitrogens with zero attached hydrogens (tertiary/aromatic N) is 4. The summed E-state index contributed by atoms with van der Waals surface area (Å²) in [7, 11) is 3.64. The van der Waals surface area contributed by atoms with Gasteiger partial charge in [0, 0.05) is 25.5 Å². The Morgan fingerprint density at radius 2 is 1.88 bits per heavy atom. The number of hydrogen-bond acceptors (Lipinski definition) is 5. The Morgan fingerprint density at radius 3 is 2.58 bits per heavy atom. The molecule has 1 aromatic heterocycles. The van der Waals surface area contributed by atoms with Gasteiger partial charge in [-0.3, -0.25) is 9.69 Å². The molecular weight excluding hydrogens is 410 g/mol. The number of rotatable bonds is 6. The number of aryl methyl sites for hydroxylation is 2. The van der Waals surface area contributed by atoms with Crippen molar-refractivity contribution < 1.29 is 4.79 Å². The molecule has 0 bridgehead atoms. The molecule has 2 heterocycles. The molecule has 1 amide bonds. The minimum absolute atomic E-state index is 0.142. The van der Waals surface area contributed by atoms with Crippen LogP contribution in [0.15, 0.2) is 42.5 Å². The second kappa shape index (κ2) is 9.87. The van der Waals surface area contributed by atoms with Gasteiger partial charge in [-0.25, -0.2) is 9.97 Å². The van der Waals surface area contributed by atoms with E-state index in [4.69, 9.17) is 4.98 Å². The molecule has 33 heavy (non-hydrogen) atoms. The predicted molar refractivity (Wildman–Crippen MR) is 135 cm³/mol. The summed E-state index contributed by atoms with van der Waals surface area (Å²) in [6.45, 7) is 8.64. The normalized spacial score (nSPS) is 16.0. The monoisotopic (exact) mass is 445 g/mol. The lowest BCUT2D eigenvalue weighted by atomic mass is 9.88. The number of fused-ring (bicyclic) bond motifs is 1. The van der Waals surface area contributed by atoms with E-state index < -0.39 is 0 Å². The first-order chi connectivity index (χ1) is 15.8. The number of amides is 1. The molecule has 0 unspecified atom stereocenters. The molecule has 174 valence electrons. The zero-order valence-corrected chi connectivity index (χ0v) is 20.4. The lowest BCUT2D eigenvalue weighted by molar-refractivity contribution is -0.130. The number of hydrogen-bond donors (Lipinski definition) is 1. The van der Waals surface area contributed by atoms with Crippen LogP contribution in [0, 0.1) is 13.8 Å². The largest absolute Gasteiger partial charge is 0.363 e. The van der Waals surface area contributed by atoms with Crippen LogP contribution < -0.4 is 5.32 Å². The number of carbonyl (C=O) groups is 1. The topological polar surface area (TPSA) is 61.4 Å². The molecule has 6 heteroatoms. The van der Waals surface area contributed by atoms with Crippen molar-refractivity contribution in [3.05, 3.63) is 65.0 Å². The van der Waals surface area contributed by atoms with Crippen molar-refractivity contribution in [2.24, 2.45) is 0 Å². The van der Waals surface area contributed by atoms with Crippen LogP contribution >= 0.6 is 0 Å². The maximum Gasteiger partial charge on any atom is 0.236 e. The average molecular weight is 446 g/mol. The van der Waals surface area contributed by atoms with Crippen molar-refractivity contribution in [1.82, 2.24) is 19.8 Å². The standard InChI is InChI=1S/C27H35N5O/c1-18-7-6-8-22(15-18)19(2)28-27-24-16-23(9-10-25(24)29-20(3)30-27)21-11-13-32(14-12-21)17-26(33)31(4)5/h6-10,15-16,19,21H,11-14,17H2,1-5H3,(H,28,29,30)/t19-/m0/s1. The molecule has 6 nitrogen and oxygen atoms in total. The quantitative estimate of drug-likeness (QED) is 0.597. The maximum atomic E-state index is 12.0. The SMILES string of the molecule is Cc1cccc([C@H](C)Nc2nc(C)nc3ccc(C4CCN(CC(=O)N(C)C)CC4)cc23)c1. The van der Waals surface area contributed by atoms with E-state index in [9.17, 15) is 4.79 Å². The highest BCUT2D eigenvalue weighted by Crippen LogP contribution is 2.32. The molecule has 4 rings (SSSR count). The molecule has 1 atom stereocenters. The van der Waals surface area contributed by atoms with E-state index in [0.717, 1.165) is 48.5 Å². The second-order valence-corrected chi connectivity index (χ2v) is 9.51. The molecule has 0 spiro atoms. The van der Waals surface area contributed by atoms with Crippen LogP contribution in [-0.4, -0.2) is 59.4 Å². The van der Waals surface area contributed by atoms with Crippen molar-refractivity contribution in [3.8, 4) is 0 Å². The molecule has 1 fully saturated rings. The lowest BCUT2D eigenvalue weighted by Crippen LogP contribution is -2.40. The third kappa shape index (κ3) is 5.50. The summed E-state index contributed by atoms with van der Waals surface area (Å²) < 4.78 is 0. The lowest BCUT2D eigenvalue weighted by Gasteiger charge is -2.32. The predicted octanol–water partition coefficient (Wildman–Crippen LogP) is 4.69. The van der Waals surface area contributed by atoms with Gasteiger partial charge in [0.05, 0.1) is 12.1 Å². The molecule has 2 aromatic carbocycles. The van der Waals surface area contributed by atoms with Gasteiger partial charge in [-0.1, -0.05) is 35.9 Å². The summed E-state index contributed by atoms with van der Waals surface area (Å²) in [5.74, 6) is 2.32. The van der Waals surface area contributed by atoms with E-state index in [0.29, 0.717) is 12.5 Å². The Labute approximate surface area is 197 Å². The Hall–Kier alpha value is -2.99. The fourth-order valence-corrected chi connectivity index (χ4v) is 4.61. The third-order valence-corrected chi connectivity index (χ3v) is 6.64. The van der Waals surface area contributed by atoms with Gasteiger partial charge >= 0.3 is 0 Å². The number of anilines is 1. The van der Waals surface area contributed by atoms with E-state index in [1.807, 2.05) is 21.0 Å². The van der Waals surface area contributed by atoms with Gasteiger partial charge in [-0.2, -0.15) is 0 Å². The van der Waals surface area contributed by atoms with Crippen LogP contribution in [-0.2, 0) is 4.79 Å². The van der Waals surface area contributed by atoms with E-state index in [-0.39, 0.29) is 11.9 Å². The van der Waals surface area contributed by atoms with Gasteiger partial charge in [0.1, 0.15) is 11.6 Å². The van der Waals surface area contributed by atoms with Crippen LogP contribution in [0.4, 0.5) is 5.82 Å². The van der Waals surface area contributed by atoms with Crippen molar-refractivity contribution in [2.45, 2.75) is 45.6 Å². The number of nitrogens with one attached hydrogen (secondary N) is 1. The first-order valence-corrected chi connectivity index (χ1v) is 11.8. The number of likely N-dealkylation sites (tertiary alicyclic amines) is 1. The zero-order valence-electron chi connectivity index (χ0n) is 20.4. The van der Waals surface area contributed by atoms with E-state index in [1.165, 1.54) is 16.7 Å². The number of likely N-dealkylation sites (N-methyl/N-ethyl adjacent to an activating group) is 1. The van der Waals surface area contributed by atoms with Gasteiger partial charge in [0.25, 0.3) is 0 Å². The highest BCUT2D eigenvalue weighted by molar-refractivity contribution is 5.90. The van der Waals surface area contributed by atoms with Crippen molar-refractivity contribution >= 4 is 22.6 Å².